The lowest BCUT2D eigenvalue weighted by atomic mass is 9.68. The number of H-pyrrole nitrogens is 1. The minimum absolute atomic E-state index is 0.0194. The van der Waals surface area contributed by atoms with Crippen LogP contribution in [0.2, 0.25) is 0 Å². The lowest BCUT2D eigenvalue weighted by Crippen LogP contribution is -2.37. The van der Waals surface area contributed by atoms with Crippen molar-refractivity contribution < 1.29 is 0 Å². The molecule has 0 amide bonds. The molecular formula is C19H18N2OS. The molecule has 2 aliphatic carbocycles. The Hall–Kier alpha value is -1.99. The number of hydrogen-bond donors (Lipinski definition) is 1. The molecule has 1 aromatic heterocycles. The first-order valence-corrected chi connectivity index (χ1v) is 9.01. The Balaban J connectivity index is 1.95. The zero-order valence-corrected chi connectivity index (χ0v) is 13.7. The fourth-order valence-electron chi connectivity index (χ4n) is 4.15. The monoisotopic (exact) mass is 322 g/mol. The maximum atomic E-state index is 12.9. The summed E-state index contributed by atoms with van der Waals surface area (Å²) in [6.45, 7) is 0. The number of nitrogens with zero attached hydrogens (tertiary/aromatic N) is 1. The predicted octanol–water partition coefficient (Wildman–Crippen LogP) is 3.53. The van der Waals surface area contributed by atoms with E-state index in [1.807, 2.05) is 6.07 Å². The SMILES string of the molecule is C#CCSc1nc2c(c(=O)[nH]1)C1(CCCC1)Cc1ccccc1-2. The van der Waals surface area contributed by atoms with Crippen molar-refractivity contribution in [2.75, 3.05) is 5.75 Å². The molecule has 0 radical (unpaired) electrons. The molecule has 1 heterocycles. The summed E-state index contributed by atoms with van der Waals surface area (Å²) in [5.74, 6) is 3.09. The molecule has 2 aromatic rings. The third-order valence-electron chi connectivity index (χ3n) is 5.08. The van der Waals surface area contributed by atoms with E-state index in [0.717, 1.165) is 36.1 Å². The maximum Gasteiger partial charge on any atom is 0.255 e. The number of rotatable bonds is 2. The molecule has 4 heteroatoms. The van der Waals surface area contributed by atoms with E-state index < -0.39 is 0 Å². The number of fused-ring (bicyclic) bond motifs is 4. The second kappa shape index (κ2) is 5.58. The molecule has 1 N–H and O–H groups in total. The average molecular weight is 322 g/mol. The molecule has 0 unspecified atom stereocenters. The summed E-state index contributed by atoms with van der Waals surface area (Å²) in [6.07, 6.45) is 10.8. The van der Waals surface area contributed by atoms with Gasteiger partial charge in [0.25, 0.3) is 5.56 Å². The Morgan fingerprint density at radius 2 is 2.09 bits per heavy atom. The first-order valence-electron chi connectivity index (χ1n) is 8.03. The highest BCUT2D eigenvalue weighted by Crippen LogP contribution is 2.49. The van der Waals surface area contributed by atoms with Gasteiger partial charge < -0.3 is 4.98 Å². The van der Waals surface area contributed by atoms with Gasteiger partial charge in [-0.05, 0) is 24.8 Å². The number of aromatic amines is 1. The second-order valence-electron chi connectivity index (χ2n) is 6.41. The molecule has 116 valence electrons. The van der Waals surface area contributed by atoms with Crippen molar-refractivity contribution >= 4 is 11.8 Å². The molecule has 0 aliphatic heterocycles. The van der Waals surface area contributed by atoms with E-state index in [-0.39, 0.29) is 11.0 Å². The first kappa shape index (κ1) is 14.6. The topological polar surface area (TPSA) is 45.8 Å². The van der Waals surface area contributed by atoms with E-state index in [4.69, 9.17) is 11.4 Å². The molecule has 4 rings (SSSR count). The Labute approximate surface area is 139 Å². The standard InChI is InChI=1S/C19H18N2OS/c1-2-11-23-18-20-16-14-8-4-3-7-13(14)12-19(9-5-6-10-19)15(16)17(22)21-18/h1,3-4,7-8H,5-6,9-12H2,(H,20,21,22). The highest BCUT2D eigenvalue weighted by atomic mass is 32.2. The van der Waals surface area contributed by atoms with Gasteiger partial charge in [-0.2, -0.15) is 0 Å². The summed E-state index contributed by atoms with van der Waals surface area (Å²) >= 11 is 1.41. The summed E-state index contributed by atoms with van der Waals surface area (Å²) in [7, 11) is 0. The fraction of sp³-hybridized carbons (Fsp3) is 0.368. The molecule has 0 saturated heterocycles. The van der Waals surface area contributed by atoms with E-state index in [2.05, 4.69) is 29.1 Å². The van der Waals surface area contributed by atoms with Crippen LogP contribution in [-0.4, -0.2) is 15.7 Å². The van der Waals surface area contributed by atoms with Crippen LogP contribution in [0.5, 0.6) is 0 Å². The molecule has 2 aliphatic rings. The molecule has 1 saturated carbocycles. The van der Waals surface area contributed by atoms with Crippen LogP contribution in [-0.2, 0) is 11.8 Å². The summed E-state index contributed by atoms with van der Waals surface area (Å²) in [4.78, 5) is 20.6. The third kappa shape index (κ3) is 2.31. The van der Waals surface area contributed by atoms with Crippen molar-refractivity contribution in [2.24, 2.45) is 0 Å². The summed E-state index contributed by atoms with van der Waals surface area (Å²) in [5, 5.41) is 0.622. The Kier molecular flexibility index (Phi) is 3.54. The van der Waals surface area contributed by atoms with Crippen molar-refractivity contribution in [3.05, 3.63) is 45.7 Å². The molecule has 1 spiro atoms. The molecular weight excluding hydrogens is 304 g/mol. The Morgan fingerprint density at radius 1 is 1.30 bits per heavy atom. The van der Waals surface area contributed by atoms with Gasteiger partial charge in [0.2, 0.25) is 0 Å². The third-order valence-corrected chi connectivity index (χ3v) is 5.86. The summed E-state index contributed by atoms with van der Waals surface area (Å²) < 4.78 is 0. The van der Waals surface area contributed by atoms with Crippen molar-refractivity contribution in [1.82, 2.24) is 9.97 Å². The van der Waals surface area contributed by atoms with E-state index in [9.17, 15) is 4.79 Å². The fourth-order valence-corrected chi connectivity index (χ4v) is 4.70. The van der Waals surface area contributed by atoms with Gasteiger partial charge in [0, 0.05) is 11.0 Å². The van der Waals surface area contributed by atoms with Crippen LogP contribution in [0.15, 0.2) is 34.2 Å². The molecule has 0 bridgehead atoms. The lowest BCUT2D eigenvalue weighted by Gasteiger charge is -2.35. The number of hydrogen-bond acceptors (Lipinski definition) is 3. The maximum absolute atomic E-state index is 12.9. The Bertz CT molecular complexity index is 856. The van der Waals surface area contributed by atoms with Gasteiger partial charge >= 0.3 is 0 Å². The van der Waals surface area contributed by atoms with Gasteiger partial charge in [-0.15, -0.1) is 6.42 Å². The average Bonchev–Trinajstić information content (AvgIpc) is 3.01. The molecule has 23 heavy (non-hydrogen) atoms. The lowest BCUT2D eigenvalue weighted by molar-refractivity contribution is 0.425. The second-order valence-corrected chi connectivity index (χ2v) is 7.37. The van der Waals surface area contributed by atoms with Crippen LogP contribution in [0.3, 0.4) is 0 Å². The molecule has 3 nitrogen and oxygen atoms in total. The van der Waals surface area contributed by atoms with Crippen LogP contribution in [0.1, 0.15) is 36.8 Å². The number of benzene rings is 1. The molecule has 0 atom stereocenters. The van der Waals surface area contributed by atoms with Crippen molar-refractivity contribution in [3.63, 3.8) is 0 Å². The highest BCUT2D eigenvalue weighted by molar-refractivity contribution is 7.99. The highest BCUT2D eigenvalue weighted by Gasteiger charge is 2.43. The van der Waals surface area contributed by atoms with Crippen LogP contribution in [0, 0.1) is 12.3 Å². The van der Waals surface area contributed by atoms with Gasteiger partial charge in [0.1, 0.15) is 0 Å². The van der Waals surface area contributed by atoms with Crippen molar-refractivity contribution in [1.29, 1.82) is 0 Å². The quantitative estimate of drug-likeness (QED) is 0.523. The minimum Gasteiger partial charge on any atom is -0.301 e. The number of terminal acetylenes is 1. The van der Waals surface area contributed by atoms with Crippen molar-refractivity contribution in [2.45, 2.75) is 42.7 Å². The van der Waals surface area contributed by atoms with E-state index in [0.29, 0.717) is 10.9 Å². The number of nitrogens with one attached hydrogen (secondary N) is 1. The van der Waals surface area contributed by atoms with Crippen LogP contribution in [0.25, 0.3) is 11.3 Å². The molecule has 1 aromatic carbocycles. The largest absolute Gasteiger partial charge is 0.301 e. The van der Waals surface area contributed by atoms with Crippen LogP contribution in [0.4, 0.5) is 0 Å². The van der Waals surface area contributed by atoms with Gasteiger partial charge in [0.05, 0.1) is 17.0 Å². The van der Waals surface area contributed by atoms with Crippen LogP contribution >= 0.6 is 11.8 Å². The van der Waals surface area contributed by atoms with Crippen molar-refractivity contribution in [3.8, 4) is 23.6 Å². The predicted molar refractivity (Wildman–Crippen MR) is 93.7 cm³/mol. The van der Waals surface area contributed by atoms with Gasteiger partial charge in [-0.3, -0.25) is 4.79 Å². The number of aromatic nitrogens is 2. The van der Waals surface area contributed by atoms with E-state index in [1.165, 1.54) is 30.2 Å². The number of thioether (sulfide) groups is 1. The van der Waals surface area contributed by atoms with E-state index in [1.54, 1.807) is 0 Å². The Morgan fingerprint density at radius 3 is 2.87 bits per heavy atom. The van der Waals surface area contributed by atoms with Gasteiger partial charge in [-0.1, -0.05) is 54.8 Å². The summed E-state index contributed by atoms with van der Waals surface area (Å²) in [6, 6.07) is 8.35. The van der Waals surface area contributed by atoms with Gasteiger partial charge in [-0.25, -0.2) is 4.98 Å². The normalized spacial score (nSPS) is 17.5. The first-order chi connectivity index (χ1) is 11.2. The smallest absolute Gasteiger partial charge is 0.255 e. The van der Waals surface area contributed by atoms with Gasteiger partial charge in [0.15, 0.2) is 5.16 Å². The van der Waals surface area contributed by atoms with E-state index >= 15 is 0 Å². The zero-order valence-electron chi connectivity index (χ0n) is 12.9. The minimum atomic E-state index is -0.0282. The van der Waals surface area contributed by atoms with Crippen LogP contribution < -0.4 is 5.56 Å². The molecule has 1 fully saturated rings. The zero-order chi connectivity index (χ0) is 15.9. The summed E-state index contributed by atoms with van der Waals surface area (Å²) in [5.41, 5.74) is 4.18.